The molecule has 162 valence electrons. The van der Waals surface area contributed by atoms with Crippen LogP contribution in [0.5, 0.6) is 0 Å². The van der Waals surface area contributed by atoms with Crippen LogP contribution in [0.3, 0.4) is 0 Å². The van der Waals surface area contributed by atoms with Gasteiger partial charge in [0.05, 0.1) is 23.4 Å². The Morgan fingerprint density at radius 1 is 1.26 bits per heavy atom. The molecule has 1 amide bonds. The number of rotatable bonds is 6. The molecule has 3 heterocycles. The van der Waals surface area contributed by atoms with Gasteiger partial charge < -0.3 is 15.2 Å². The lowest BCUT2D eigenvalue weighted by molar-refractivity contribution is 0.0596. The molecule has 1 saturated heterocycles. The van der Waals surface area contributed by atoms with Gasteiger partial charge in [-0.1, -0.05) is 13.0 Å². The van der Waals surface area contributed by atoms with Crippen molar-refractivity contribution in [1.29, 1.82) is 0 Å². The molecule has 0 radical (unpaired) electrons. The van der Waals surface area contributed by atoms with E-state index in [2.05, 4.69) is 16.9 Å². The Balaban J connectivity index is 1.86. The van der Waals surface area contributed by atoms with Crippen molar-refractivity contribution in [3.8, 4) is 11.1 Å². The van der Waals surface area contributed by atoms with Crippen LogP contribution in [-0.2, 0) is 16.1 Å². The molecule has 7 heteroatoms. The predicted molar refractivity (Wildman–Crippen MR) is 116 cm³/mol. The van der Waals surface area contributed by atoms with E-state index in [0.717, 1.165) is 29.5 Å². The molecule has 2 N–H and O–H groups in total. The Bertz CT molecular complexity index is 1100. The van der Waals surface area contributed by atoms with E-state index < -0.39 is 11.7 Å². The van der Waals surface area contributed by atoms with Crippen molar-refractivity contribution in [2.24, 2.45) is 11.7 Å². The van der Waals surface area contributed by atoms with Crippen LogP contribution in [0.1, 0.15) is 47.3 Å². The molecule has 6 nitrogen and oxygen atoms in total. The summed E-state index contributed by atoms with van der Waals surface area (Å²) in [4.78, 5) is 20.9. The van der Waals surface area contributed by atoms with Crippen LogP contribution in [0.25, 0.3) is 22.0 Å². The second-order valence-corrected chi connectivity index (χ2v) is 8.01. The van der Waals surface area contributed by atoms with Crippen LogP contribution < -0.4 is 5.73 Å². The summed E-state index contributed by atoms with van der Waals surface area (Å²) >= 11 is 0. The summed E-state index contributed by atoms with van der Waals surface area (Å²) in [6.45, 7) is 3.88. The van der Waals surface area contributed by atoms with Crippen molar-refractivity contribution in [3.63, 3.8) is 0 Å². The molecule has 4 rings (SSSR count). The normalized spacial score (nSPS) is 15.8. The number of nitrogens with two attached hydrogens (primary N) is 1. The van der Waals surface area contributed by atoms with E-state index in [4.69, 9.17) is 15.2 Å². The number of amides is 1. The third-order valence-electron chi connectivity index (χ3n) is 6.12. The lowest BCUT2D eigenvalue weighted by Gasteiger charge is -2.29. The second kappa shape index (κ2) is 9.08. The van der Waals surface area contributed by atoms with Crippen molar-refractivity contribution in [3.05, 3.63) is 59.3 Å². The fourth-order valence-electron chi connectivity index (χ4n) is 4.41. The van der Waals surface area contributed by atoms with E-state index >= 15 is 0 Å². The highest BCUT2D eigenvalue weighted by Gasteiger charge is 2.27. The van der Waals surface area contributed by atoms with Gasteiger partial charge in [0.2, 0.25) is 0 Å². The number of halogens is 1. The van der Waals surface area contributed by atoms with Crippen LogP contribution in [0.15, 0.2) is 36.7 Å². The molecule has 0 spiro atoms. The average molecular weight is 423 g/mol. The second-order valence-electron chi connectivity index (χ2n) is 8.01. The molecule has 1 aromatic carbocycles. The standard InChI is InChI=1S/C24H26FN3O3/c1-14(15-5-7-31-8-6-15)23-19-9-18(16-3-4-17(13-30-2)27-11-16)21(25)10-22(19)28-12-20(23)24(26)29/h3-4,9-12,14-15H,5-8,13H2,1-2H3,(H2,26,29)/t14-/m0/s1. The summed E-state index contributed by atoms with van der Waals surface area (Å²) < 4.78 is 25.6. The lowest BCUT2D eigenvalue weighted by atomic mass is 9.79. The Labute approximate surface area is 180 Å². The largest absolute Gasteiger partial charge is 0.381 e. The van der Waals surface area contributed by atoms with Crippen molar-refractivity contribution >= 4 is 16.8 Å². The molecule has 1 fully saturated rings. The van der Waals surface area contributed by atoms with Gasteiger partial charge in [-0.05, 0) is 42.4 Å². The summed E-state index contributed by atoms with van der Waals surface area (Å²) in [5.74, 6) is -0.518. The molecule has 1 aliphatic rings. The molecule has 0 unspecified atom stereocenters. The highest BCUT2D eigenvalue weighted by Crippen LogP contribution is 2.39. The molecule has 0 aliphatic carbocycles. The van der Waals surface area contributed by atoms with Gasteiger partial charge >= 0.3 is 0 Å². The number of ether oxygens (including phenoxy) is 2. The number of hydrogen-bond acceptors (Lipinski definition) is 5. The molecule has 31 heavy (non-hydrogen) atoms. The Morgan fingerprint density at radius 3 is 2.68 bits per heavy atom. The molecular formula is C24H26FN3O3. The number of nitrogens with zero attached hydrogens (tertiary/aromatic N) is 2. The van der Waals surface area contributed by atoms with Crippen LogP contribution in [0.4, 0.5) is 4.39 Å². The quantitative estimate of drug-likeness (QED) is 0.642. The average Bonchev–Trinajstić information content (AvgIpc) is 2.78. The predicted octanol–water partition coefficient (Wildman–Crippen LogP) is 4.21. The molecule has 0 saturated carbocycles. The van der Waals surface area contributed by atoms with Crippen LogP contribution >= 0.6 is 0 Å². The zero-order valence-electron chi connectivity index (χ0n) is 17.7. The van der Waals surface area contributed by atoms with E-state index in [1.165, 1.54) is 12.3 Å². The Morgan fingerprint density at radius 2 is 2.03 bits per heavy atom. The first kappa shape index (κ1) is 21.3. The summed E-state index contributed by atoms with van der Waals surface area (Å²) in [5.41, 5.74) is 9.24. The fourth-order valence-corrected chi connectivity index (χ4v) is 4.41. The summed E-state index contributed by atoms with van der Waals surface area (Å²) in [7, 11) is 1.60. The van der Waals surface area contributed by atoms with Crippen LogP contribution in [-0.4, -0.2) is 36.2 Å². The first-order valence-electron chi connectivity index (χ1n) is 10.4. The van der Waals surface area contributed by atoms with Gasteiger partial charge in [0, 0.05) is 55.3 Å². The summed E-state index contributed by atoms with van der Waals surface area (Å²) in [6, 6.07) is 6.81. The first-order valence-corrected chi connectivity index (χ1v) is 10.4. The SMILES string of the molecule is COCc1ccc(-c2cc3c([C@@H](C)C4CCOCC4)c(C(N)=O)cnc3cc2F)cn1. The third kappa shape index (κ3) is 4.29. The number of benzene rings is 1. The zero-order valence-corrected chi connectivity index (χ0v) is 17.7. The molecule has 2 aromatic heterocycles. The topological polar surface area (TPSA) is 87.3 Å². The van der Waals surface area contributed by atoms with E-state index in [1.807, 2.05) is 12.1 Å². The van der Waals surface area contributed by atoms with E-state index in [9.17, 15) is 9.18 Å². The maximum absolute atomic E-state index is 15.0. The number of primary amides is 1. The fraction of sp³-hybridized carbons (Fsp3) is 0.375. The van der Waals surface area contributed by atoms with Crippen LogP contribution in [0, 0.1) is 11.7 Å². The molecular weight excluding hydrogens is 397 g/mol. The lowest BCUT2D eigenvalue weighted by Crippen LogP contribution is -2.23. The summed E-state index contributed by atoms with van der Waals surface area (Å²) in [6.07, 6.45) is 4.91. The van der Waals surface area contributed by atoms with E-state index in [-0.39, 0.29) is 5.92 Å². The molecule has 1 atom stereocenters. The van der Waals surface area contributed by atoms with Crippen molar-refractivity contribution in [1.82, 2.24) is 9.97 Å². The van der Waals surface area contributed by atoms with Gasteiger partial charge in [-0.15, -0.1) is 0 Å². The molecule has 1 aliphatic heterocycles. The van der Waals surface area contributed by atoms with Gasteiger partial charge in [-0.2, -0.15) is 0 Å². The maximum atomic E-state index is 15.0. The number of carbonyl (C=O) groups excluding carboxylic acids is 1. The minimum absolute atomic E-state index is 0.0532. The van der Waals surface area contributed by atoms with Gasteiger partial charge in [-0.3, -0.25) is 14.8 Å². The number of methoxy groups -OCH3 is 1. The number of carbonyl (C=O) groups is 1. The third-order valence-corrected chi connectivity index (χ3v) is 6.12. The number of hydrogen-bond donors (Lipinski definition) is 1. The molecule has 0 bridgehead atoms. The van der Waals surface area contributed by atoms with Gasteiger partial charge in [0.1, 0.15) is 5.82 Å². The van der Waals surface area contributed by atoms with Crippen LogP contribution in [0.2, 0.25) is 0 Å². The minimum Gasteiger partial charge on any atom is -0.381 e. The number of fused-ring (bicyclic) bond motifs is 1. The first-order chi connectivity index (χ1) is 15.0. The van der Waals surface area contributed by atoms with Gasteiger partial charge in [0.25, 0.3) is 5.91 Å². The zero-order chi connectivity index (χ0) is 22.0. The minimum atomic E-state index is -0.528. The van der Waals surface area contributed by atoms with E-state index in [0.29, 0.717) is 47.9 Å². The number of aromatic nitrogens is 2. The summed E-state index contributed by atoms with van der Waals surface area (Å²) in [5, 5.41) is 0.743. The van der Waals surface area contributed by atoms with Crippen molar-refractivity contribution in [2.75, 3.05) is 20.3 Å². The van der Waals surface area contributed by atoms with Crippen molar-refractivity contribution in [2.45, 2.75) is 32.3 Å². The smallest absolute Gasteiger partial charge is 0.250 e. The van der Waals surface area contributed by atoms with E-state index in [1.54, 1.807) is 19.4 Å². The number of pyridine rings is 2. The molecule has 3 aromatic rings. The maximum Gasteiger partial charge on any atom is 0.250 e. The monoisotopic (exact) mass is 423 g/mol. The Kier molecular flexibility index (Phi) is 6.25. The highest BCUT2D eigenvalue weighted by atomic mass is 19.1. The highest BCUT2D eigenvalue weighted by molar-refractivity contribution is 6.00. The van der Waals surface area contributed by atoms with Gasteiger partial charge in [-0.25, -0.2) is 4.39 Å². The van der Waals surface area contributed by atoms with Gasteiger partial charge in [0.15, 0.2) is 0 Å². The Hall–Kier alpha value is -2.90. The van der Waals surface area contributed by atoms with Crippen molar-refractivity contribution < 1.29 is 18.7 Å².